The van der Waals surface area contributed by atoms with Crippen molar-refractivity contribution in [3.63, 3.8) is 0 Å². The molecule has 5 heterocycles. The molecule has 0 radical (unpaired) electrons. The minimum absolute atomic E-state index is 0.000933. The normalized spacial score (nSPS) is 16.0. The van der Waals surface area contributed by atoms with E-state index < -0.39 is 35.9 Å². The summed E-state index contributed by atoms with van der Waals surface area (Å²) < 4.78 is 67.7. The van der Waals surface area contributed by atoms with Crippen LogP contribution < -0.4 is 20.5 Å². The highest BCUT2D eigenvalue weighted by Crippen LogP contribution is 2.34. The summed E-state index contributed by atoms with van der Waals surface area (Å²) in [6, 6.07) is 12.0. The molecule has 1 N–H and O–H groups in total. The lowest BCUT2D eigenvalue weighted by molar-refractivity contribution is -0.137. The van der Waals surface area contributed by atoms with E-state index in [4.69, 9.17) is 21.1 Å². The number of amides is 2. The number of alkyl halides is 4. The van der Waals surface area contributed by atoms with Gasteiger partial charge in [0.05, 0.1) is 27.7 Å². The second-order valence-corrected chi connectivity index (χ2v) is 13.7. The minimum Gasteiger partial charge on any atom is -0.487 e. The first-order valence-electron chi connectivity index (χ1n) is 18.0. The molecule has 2 aliphatic heterocycles. The van der Waals surface area contributed by atoms with Gasteiger partial charge >= 0.3 is 6.18 Å². The molecular formula is C38H36ClF4N9O5. The van der Waals surface area contributed by atoms with Crippen molar-refractivity contribution < 1.29 is 36.6 Å². The molecular weight excluding hydrogens is 774 g/mol. The number of nitrogens with zero attached hydrogens (tertiary/aromatic N) is 8. The fourth-order valence-corrected chi connectivity index (χ4v) is 6.89. The number of aromatic nitrogens is 6. The molecule has 1 saturated heterocycles. The number of allylic oxidation sites excluding steroid dienone is 1. The van der Waals surface area contributed by atoms with Crippen molar-refractivity contribution >= 4 is 46.3 Å². The lowest BCUT2D eigenvalue weighted by atomic mass is 10.2. The van der Waals surface area contributed by atoms with Crippen LogP contribution in [0.15, 0.2) is 65.7 Å². The summed E-state index contributed by atoms with van der Waals surface area (Å²) in [6.07, 6.45) is -2.79. The zero-order chi connectivity index (χ0) is 40.4. The summed E-state index contributed by atoms with van der Waals surface area (Å²) in [6.45, 7) is 3.86. The number of piperazine rings is 1. The Hall–Kier alpha value is -6.04. The summed E-state index contributed by atoms with van der Waals surface area (Å²) in [5, 5.41) is 6.64. The van der Waals surface area contributed by atoms with Gasteiger partial charge < -0.3 is 29.2 Å². The van der Waals surface area contributed by atoms with Gasteiger partial charge in [0.25, 0.3) is 11.5 Å². The van der Waals surface area contributed by atoms with E-state index in [1.807, 2.05) is 30.3 Å². The standard InChI is InChI=1S/C38H36ClF4N9O5/c1-3-28-32(49-13-15-50(16-14-49)35(54)31-33(22(2)44-21-45-31)57-19-23-7-5-4-6-8-23)36(55)52-37(47-34(48-52)29-12-10-25(40)20-56-29)51(28)18-30(53)46-27-11-9-24(17-26(27)39)38(41,42)43/h4-9,11-12,17,21,25H,3,10,13-16,18-20H2,1-2H3,(H,46,53)/t25-/m0/s1. The maximum Gasteiger partial charge on any atom is 0.416 e. The topological polar surface area (TPSA) is 149 Å². The highest BCUT2D eigenvalue weighted by atomic mass is 35.5. The van der Waals surface area contributed by atoms with Crippen molar-refractivity contribution in [2.45, 2.75) is 52.2 Å². The Bertz CT molecular complexity index is 2410. The predicted molar refractivity (Wildman–Crippen MR) is 201 cm³/mol. The molecule has 14 nitrogen and oxygen atoms in total. The third kappa shape index (κ3) is 8.26. The van der Waals surface area contributed by atoms with Crippen LogP contribution in [0.2, 0.25) is 5.02 Å². The number of rotatable bonds is 10. The second kappa shape index (κ2) is 16.2. The molecule has 19 heteroatoms. The molecule has 2 amide bonds. The van der Waals surface area contributed by atoms with Crippen LogP contribution in [0.3, 0.4) is 0 Å². The fourth-order valence-electron chi connectivity index (χ4n) is 6.66. The molecule has 7 rings (SSSR count). The number of carbonyl (C=O) groups excluding carboxylic acids is 2. The van der Waals surface area contributed by atoms with E-state index in [-0.39, 0.29) is 103 Å². The molecule has 3 aromatic heterocycles. The van der Waals surface area contributed by atoms with Crippen LogP contribution >= 0.6 is 11.6 Å². The van der Waals surface area contributed by atoms with Gasteiger partial charge in [-0.1, -0.05) is 48.9 Å². The summed E-state index contributed by atoms with van der Waals surface area (Å²) >= 11 is 6.13. The molecule has 0 bridgehead atoms. The van der Waals surface area contributed by atoms with Crippen LogP contribution in [0.1, 0.15) is 52.2 Å². The third-order valence-electron chi connectivity index (χ3n) is 9.53. The van der Waals surface area contributed by atoms with E-state index >= 15 is 0 Å². The zero-order valence-electron chi connectivity index (χ0n) is 30.7. The van der Waals surface area contributed by atoms with Gasteiger partial charge in [-0.05, 0) is 43.2 Å². The highest BCUT2D eigenvalue weighted by Gasteiger charge is 2.33. The highest BCUT2D eigenvalue weighted by molar-refractivity contribution is 6.33. The van der Waals surface area contributed by atoms with E-state index in [1.54, 1.807) is 23.6 Å². The van der Waals surface area contributed by atoms with E-state index in [0.29, 0.717) is 17.5 Å². The molecule has 0 aliphatic carbocycles. The van der Waals surface area contributed by atoms with Crippen LogP contribution in [0.5, 0.6) is 5.75 Å². The van der Waals surface area contributed by atoms with Crippen LogP contribution in [-0.4, -0.2) is 84.8 Å². The number of nitrogens with one attached hydrogen (secondary N) is 1. The lowest BCUT2D eigenvalue weighted by Gasteiger charge is -2.36. The fraction of sp³-hybridized carbons (Fsp3) is 0.342. The summed E-state index contributed by atoms with van der Waals surface area (Å²) in [4.78, 5) is 58.2. The van der Waals surface area contributed by atoms with Crippen LogP contribution in [0.4, 0.5) is 28.9 Å². The Morgan fingerprint density at radius 2 is 1.82 bits per heavy atom. The van der Waals surface area contributed by atoms with Gasteiger partial charge in [0.2, 0.25) is 17.5 Å². The molecule has 1 fully saturated rings. The van der Waals surface area contributed by atoms with Crippen LogP contribution in [-0.2, 0) is 35.3 Å². The molecule has 0 unspecified atom stereocenters. The molecule has 298 valence electrons. The Kier molecular flexibility index (Phi) is 11.1. The summed E-state index contributed by atoms with van der Waals surface area (Å²) in [5.74, 6) is -0.638. The first-order valence-corrected chi connectivity index (χ1v) is 18.4. The van der Waals surface area contributed by atoms with Gasteiger partial charge in [-0.2, -0.15) is 22.7 Å². The smallest absolute Gasteiger partial charge is 0.416 e. The van der Waals surface area contributed by atoms with Crippen molar-refractivity contribution in [3.8, 4) is 5.75 Å². The Morgan fingerprint density at radius 1 is 1.07 bits per heavy atom. The van der Waals surface area contributed by atoms with Gasteiger partial charge in [0.1, 0.15) is 37.9 Å². The summed E-state index contributed by atoms with van der Waals surface area (Å²) in [5.41, 5.74) is 0.543. The largest absolute Gasteiger partial charge is 0.487 e. The van der Waals surface area contributed by atoms with E-state index in [2.05, 4.69) is 25.4 Å². The SMILES string of the molecule is CCc1c(N2CCN(C(=O)c3ncnc(C)c3OCc3ccccc3)CC2)c(=O)n2nc(C3=CC[C@H](F)CO3)nc2n1CC(=O)Nc1ccc(C(F)(F)F)cc1Cl. The monoisotopic (exact) mass is 809 g/mol. The third-order valence-corrected chi connectivity index (χ3v) is 9.84. The van der Waals surface area contributed by atoms with E-state index in [0.717, 1.165) is 22.2 Å². The van der Waals surface area contributed by atoms with Gasteiger partial charge in [-0.3, -0.25) is 14.4 Å². The number of halogens is 5. The number of benzene rings is 2. The molecule has 1 atom stereocenters. The average Bonchev–Trinajstić information content (AvgIpc) is 3.65. The number of carbonyl (C=O) groups is 2. The van der Waals surface area contributed by atoms with Gasteiger partial charge in [-0.15, -0.1) is 5.10 Å². The first-order chi connectivity index (χ1) is 27.3. The van der Waals surface area contributed by atoms with Crippen molar-refractivity contribution in [1.82, 2.24) is 34.0 Å². The van der Waals surface area contributed by atoms with Gasteiger partial charge in [0.15, 0.2) is 17.2 Å². The number of hydrogen-bond acceptors (Lipinski definition) is 10. The van der Waals surface area contributed by atoms with E-state index in [9.17, 15) is 31.9 Å². The molecule has 0 spiro atoms. The van der Waals surface area contributed by atoms with Gasteiger partial charge in [-0.25, -0.2) is 14.4 Å². The Labute approximate surface area is 327 Å². The molecule has 2 aliphatic rings. The molecule has 0 saturated carbocycles. The minimum atomic E-state index is -4.64. The summed E-state index contributed by atoms with van der Waals surface area (Å²) in [7, 11) is 0. The van der Waals surface area contributed by atoms with Crippen molar-refractivity contribution in [2.75, 3.05) is 43.0 Å². The maximum atomic E-state index is 14.3. The van der Waals surface area contributed by atoms with Crippen molar-refractivity contribution in [1.29, 1.82) is 0 Å². The molecule has 5 aromatic rings. The first kappa shape index (κ1) is 39.2. The Morgan fingerprint density at radius 3 is 2.49 bits per heavy atom. The Balaban J connectivity index is 1.18. The van der Waals surface area contributed by atoms with Crippen molar-refractivity contribution in [2.24, 2.45) is 0 Å². The number of anilines is 2. The number of hydrogen-bond donors (Lipinski definition) is 1. The molecule has 2 aromatic carbocycles. The zero-order valence-corrected chi connectivity index (χ0v) is 31.5. The van der Waals surface area contributed by atoms with Gasteiger partial charge in [0, 0.05) is 32.6 Å². The predicted octanol–water partition coefficient (Wildman–Crippen LogP) is 5.50. The maximum absolute atomic E-state index is 14.3. The molecule has 57 heavy (non-hydrogen) atoms. The number of ether oxygens (including phenoxy) is 2. The number of fused-ring (bicyclic) bond motifs is 1. The van der Waals surface area contributed by atoms with Crippen molar-refractivity contribution in [3.05, 3.63) is 110 Å². The van der Waals surface area contributed by atoms with E-state index in [1.165, 1.54) is 17.0 Å². The number of aryl methyl sites for hydroxylation is 1. The van der Waals surface area contributed by atoms with Crippen LogP contribution in [0, 0.1) is 6.92 Å². The quantitative estimate of drug-likeness (QED) is 0.179. The van der Waals surface area contributed by atoms with Crippen LogP contribution in [0.25, 0.3) is 11.5 Å². The second-order valence-electron chi connectivity index (χ2n) is 13.3. The average molecular weight is 810 g/mol. The lowest BCUT2D eigenvalue weighted by Crippen LogP contribution is -2.51.